The molecule has 5 heteroatoms. The molecule has 0 radical (unpaired) electrons. The summed E-state index contributed by atoms with van der Waals surface area (Å²) in [5, 5.41) is 7.45. The predicted octanol–water partition coefficient (Wildman–Crippen LogP) is 2.26. The van der Waals surface area contributed by atoms with E-state index in [4.69, 9.17) is 5.73 Å². The van der Waals surface area contributed by atoms with Crippen molar-refractivity contribution in [3.05, 3.63) is 29.3 Å². The van der Waals surface area contributed by atoms with Crippen molar-refractivity contribution in [3.8, 4) is 11.4 Å². The molecule has 1 aliphatic heterocycles. The molecule has 5 nitrogen and oxygen atoms in total. The van der Waals surface area contributed by atoms with Crippen molar-refractivity contribution in [2.24, 2.45) is 11.7 Å². The number of aromatic nitrogens is 3. The average molecular weight is 285 g/mol. The van der Waals surface area contributed by atoms with Crippen molar-refractivity contribution in [2.75, 3.05) is 18.0 Å². The van der Waals surface area contributed by atoms with Crippen LogP contribution in [0.5, 0.6) is 0 Å². The van der Waals surface area contributed by atoms with E-state index in [0.717, 1.165) is 36.8 Å². The van der Waals surface area contributed by atoms with Crippen LogP contribution < -0.4 is 10.6 Å². The normalized spacial score (nSPS) is 22.6. The van der Waals surface area contributed by atoms with Gasteiger partial charge in [-0.3, -0.25) is 5.10 Å². The molecule has 2 heterocycles. The Hall–Kier alpha value is -1.88. The average Bonchev–Trinajstić information content (AvgIpc) is 2.94. The van der Waals surface area contributed by atoms with E-state index >= 15 is 0 Å². The summed E-state index contributed by atoms with van der Waals surface area (Å²) in [6.45, 7) is 8.19. The zero-order chi connectivity index (χ0) is 15.0. The number of aryl methyl sites for hydroxylation is 2. The Morgan fingerprint density at radius 1 is 1.33 bits per heavy atom. The Balaban J connectivity index is 1.85. The number of nitrogens with one attached hydrogen (secondary N) is 1. The summed E-state index contributed by atoms with van der Waals surface area (Å²) in [5.41, 5.74) is 9.70. The van der Waals surface area contributed by atoms with Gasteiger partial charge < -0.3 is 10.6 Å². The standard InChI is InChI=1S/C16H23N5/c1-10-4-5-11(2)13(8-10)15-18-16(20-19-15)21-7-6-12(3)14(17)9-21/h4-5,8,12,14H,6-7,9,17H2,1-3H3,(H,18,19,20). The van der Waals surface area contributed by atoms with E-state index in [1.807, 2.05) is 0 Å². The first-order valence-corrected chi connectivity index (χ1v) is 7.55. The molecule has 21 heavy (non-hydrogen) atoms. The van der Waals surface area contributed by atoms with Crippen molar-refractivity contribution in [3.63, 3.8) is 0 Å². The fourth-order valence-corrected chi connectivity index (χ4v) is 2.79. The molecule has 3 rings (SSSR count). The monoisotopic (exact) mass is 285 g/mol. The van der Waals surface area contributed by atoms with Gasteiger partial charge in [0.25, 0.3) is 0 Å². The van der Waals surface area contributed by atoms with Gasteiger partial charge in [0, 0.05) is 24.7 Å². The van der Waals surface area contributed by atoms with Gasteiger partial charge in [-0.2, -0.15) is 4.98 Å². The Morgan fingerprint density at radius 2 is 2.14 bits per heavy atom. The number of aromatic amines is 1. The number of hydrogen-bond donors (Lipinski definition) is 2. The SMILES string of the molecule is Cc1ccc(C)c(-c2nc(N3CCC(C)C(N)C3)n[nH]2)c1. The van der Waals surface area contributed by atoms with E-state index in [9.17, 15) is 0 Å². The van der Waals surface area contributed by atoms with Crippen molar-refractivity contribution in [1.82, 2.24) is 15.2 Å². The lowest BCUT2D eigenvalue weighted by atomic mass is 9.95. The fourth-order valence-electron chi connectivity index (χ4n) is 2.79. The summed E-state index contributed by atoms with van der Waals surface area (Å²) in [4.78, 5) is 6.85. The lowest BCUT2D eigenvalue weighted by molar-refractivity contribution is 0.376. The first-order chi connectivity index (χ1) is 10.0. The van der Waals surface area contributed by atoms with Crippen LogP contribution in [0.15, 0.2) is 18.2 Å². The van der Waals surface area contributed by atoms with Gasteiger partial charge in [-0.1, -0.05) is 24.6 Å². The van der Waals surface area contributed by atoms with Crippen LogP contribution in [0.3, 0.4) is 0 Å². The zero-order valence-corrected chi connectivity index (χ0v) is 12.9. The summed E-state index contributed by atoms with van der Waals surface area (Å²) < 4.78 is 0. The highest BCUT2D eigenvalue weighted by atomic mass is 15.4. The van der Waals surface area contributed by atoms with Crippen molar-refractivity contribution in [1.29, 1.82) is 0 Å². The molecular formula is C16H23N5. The molecule has 0 spiro atoms. The number of rotatable bonds is 2. The fraction of sp³-hybridized carbons (Fsp3) is 0.500. The first-order valence-electron chi connectivity index (χ1n) is 7.55. The van der Waals surface area contributed by atoms with E-state index < -0.39 is 0 Å². The molecule has 0 aliphatic carbocycles. The molecule has 2 aromatic rings. The number of nitrogens with zero attached hydrogens (tertiary/aromatic N) is 3. The predicted molar refractivity (Wildman–Crippen MR) is 85.3 cm³/mol. The number of H-pyrrole nitrogens is 1. The van der Waals surface area contributed by atoms with Gasteiger partial charge in [-0.15, -0.1) is 5.10 Å². The quantitative estimate of drug-likeness (QED) is 0.888. The van der Waals surface area contributed by atoms with Crippen LogP contribution in [0.1, 0.15) is 24.5 Å². The van der Waals surface area contributed by atoms with Crippen LogP contribution in [-0.4, -0.2) is 34.3 Å². The molecule has 2 atom stereocenters. The molecule has 1 fully saturated rings. The van der Waals surface area contributed by atoms with Gasteiger partial charge in [0.15, 0.2) is 5.82 Å². The van der Waals surface area contributed by atoms with Gasteiger partial charge in [0.2, 0.25) is 5.95 Å². The number of hydrogen-bond acceptors (Lipinski definition) is 4. The Labute approximate surface area is 125 Å². The zero-order valence-electron chi connectivity index (χ0n) is 12.9. The van der Waals surface area contributed by atoms with E-state index in [0.29, 0.717) is 5.92 Å². The van der Waals surface area contributed by atoms with E-state index in [1.165, 1.54) is 11.1 Å². The minimum Gasteiger partial charge on any atom is -0.338 e. The second-order valence-electron chi connectivity index (χ2n) is 6.18. The topological polar surface area (TPSA) is 70.8 Å². The molecule has 1 aromatic carbocycles. The van der Waals surface area contributed by atoms with Crippen molar-refractivity contribution >= 4 is 5.95 Å². The van der Waals surface area contributed by atoms with Gasteiger partial charge in [-0.25, -0.2) is 0 Å². The van der Waals surface area contributed by atoms with Gasteiger partial charge in [0.05, 0.1) is 0 Å². The smallest absolute Gasteiger partial charge is 0.245 e. The lowest BCUT2D eigenvalue weighted by Crippen LogP contribution is -2.48. The van der Waals surface area contributed by atoms with Crippen LogP contribution >= 0.6 is 0 Å². The van der Waals surface area contributed by atoms with Gasteiger partial charge in [-0.05, 0) is 37.8 Å². The molecule has 0 amide bonds. The Morgan fingerprint density at radius 3 is 2.90 bits per heavy atom. The molecule has 1 saturated heterocycles. The summed E-state index contributed by atoms with van der Waals surface area (Å²) in [6.07, 6.45) is 1.09. The molecule has 3 N–H and O–H groups in total. The highest BCUT2D eigenvalue weighted by molar-refractivity contribution is 5.62. The molecule has 2 unspecified atom stereocenters. The van der Waals surface area contributed by atoms with Crippen LogP contribution in [-0.2, 0) is 0 Å². The summed E-state index contributed by atoms with van der Waals surface area (Å²) in [5.74, 6) is 2.16. The van der Waals surface area contributed by atoms with E-state index in [1.54, 1.807) is 0 Å². The largest absolute Gasteiger partial charge is 0.338 e. The highest BCUT2D eigenvalue weighted by Crippen LogP contribution is 2.24. The minimum atomic E-state index is 0.196. The third-order valence-corrected chi connectivity index (χ3v) is 4.42. The van der Waals surface area contributed by atoms with Crippen LogP contribution in [0.25, 0.3) is 11.4 Å². The van der Waals surface area contributed by atoms with E-state index in [2.05, 4.69) is 59.1 Å². The third kappa shape index (κ3) is 2.78. The highest BCUT2D eigenvalue weighted by Gasteiger charge is 2.25. The van der Waals surface area contributed by atoms with Crippen LogP contribution in [0, 0.1) is 19.8 Å². The first kappa shape index (κ1) is 14.1. The molecular weight excluding hydrogens is 262 g/mol. The Kier molecular flexibility index (Phi) is 3.68. The van der Waals surface area contributed by atoms with Gasteiger partial charge >= 0.3 is 0 Å². The summed E-state index contributed by atoms with van der Waals surface area (Å²) in [6, 6.07) is 6.57. The molecule has 0 saturated carbocycles. The molecule has 112 valence electrons. The maximum atomic E-state index is 6.16. The van der Waals surface area contributed by atoms with Crippen molar-refractivity contribution < 1.29 is 0 Å². The van der Waals surface area contributed by atoms with Gasteiger partial charge in [0.1, 0.15) is 0 Å². The Bertz CT molecular complexity index is 633. The number of piperidine rings is 1. The van der Waals surface area contributed by atoms with Crippen LogP contribution in [0.4, 0.5) is 5.95 Å². The maximum absolute atomic E-state index is 6.16. The summed E-state index contributed by atoms with van der Waals surface area (Å²) in [7, 11) is 0. The second-order valence-corrected chi connectivity index (χ2v) is 6.18. The molecule has 1 aromatic heterocycles. The molecule has 1 aliphatic rings. The number of nitrogens with two attached hydrogens (primary N) is 1. The van der Waals surface area contributed by atoms with Crippen LogP contribution in [0.2, 0.25) is 0 Å². The third-order valence-electron chi connectivity index (χ3n) is 4.42. The lowest BCUT2D eigenvalue weighted by Gasteiger charge is -2.34. The van der Waals surface area contributed by atoms with Crippen molar-refractivity contribution in [2.45, 2.75) is 33.2 Å². The number of benzene rings is 1. The van der Waals surface area contributed by atoms with E-state index in [-0.39, 0.29) is 6.04 Å². The number of anilines is 1. The summed E-state index contributed by atoms with van der Waals surface area (Å²) >= 11 is 0. The maximum Gasteiger partial charge on any atom is 0.245 e. The molecule has 0 bridgehead atoms. The second kappa shape index (κ2) is 5.48. The minimum absolute atomic E-state index is 0.196.